The molecule has 1 spiro atoms. The van der Waals surface area contributed by atoms with Gasteiger partial charge in [0.1, 0.15) is 6.10 Å². The molecule has 2 heterocycles. The van der Waals surface area contributed by atoms with E-state index in [0.717, 1.165) is 25.9 Å². The topological polar surface area (TPSA) is 73.6 Å². The number of ether oxygens (including phenoxy) is 2. The number of nitro benzene ring substituents is 1. The van der Waals surface area contributed by atoms with Crippen molar-refractivity contribution in [2.24, 2.45) is 0 Å². The minimum absolute atomic E-state index is 0.0992. The van der Waals surface area contributed by atoms with Crippen molar-refractivity contribution in [1.82, 2.24) is 5.32 Å². The van der Waals surface area contributed by atoms with E-state index in [-0.39, 0.29) is 16.7 Å². The molecule has 2 aliphatic heterocycles. The monoisotopic (exact) mass is 264 g/mol. The van der Waals surface area contributed by atoms with E-state index in [9.17, 15) is 10.1 Å². The maximum absolute atomic E-state index is 11.0. The maximum atomic E-state index is 11.0. The van der Waals surface area contributed by atoms with Gasteiger partial charge in [-0.1, -0.05) is 12.1 Å². The Bertz CT molecular complexity index is 485. The Morgan fingerprint density at radius 3 is 2.79 bits per heavy atom. The molecule has 3 rings (SSSR count). The van der Waals surface area contributed by atoms with Gasteiger partial charge in [-0.15, -0.1) is 0 Å². The van der Waals surface area contributed by atoms with Crippen molar-refractivity contribution in [1.29, 1.82) is 0 Å². The third-order valence-corrected chi connectivity index (χ3v) is 3.70. The van der Waals surface area contributed by atoms with E-state index >= 15 is 0 Å². The van der Waals surface area contributed by atoms with Crippen molar-refractivity contribution in [3.05, 3.63) is 39.9 Å². The summed E-state index contributed by atoms with van der Waals surface area (Å²) in [6, 6.07) is 6.70. The Hall–Kier alpha value is -1.50. The fourth-order valence-corrected chi connectivity index (χ4v) is 2.70. The molecule has 0 radical (unpaired) electrons. The fourth-order valence-electron chi connectivity index (χ4n) is 2.70. The molecule has 0 aromatic heterocycles. The zero-order valence-corrected chi connectivity index (χ0v) is 10.5. The molecule has 1 aromatic carbocycles. The smallest absolute Gasteiger partial charge is 0.275 e. The average molecular weight is 264 g/mol. The number of nitrogens with one attached hydrogen (secondary N) is 1. The fraction of sp³-hybridized carbons (Fsp3) is 0.538. The average Bonchev–Trinajstić information content (AvgIpc) is 2.83. The van der Waals surface area contributed by atoms with E-state index in [4.69, 9.17) is 9.47 Å². The molecule has 6 nitrogen and oxygen atoms in total. The van der Waals surface area contributed by atoms with Crippen LogP contribution in [0.2, 0.25) is 0 Å². The zero-order valence-electron chi connectivity index (χ0n) is 10.5. The van der Waals surface area contributed by atoms with Crippen molar-refractivity contribution in [3.8, 4) is 0 Å². The standard InChI is InChI=1S/C13H16N2O4/c16-15(17)11-4-2-1-3-10(11)12-9-18-13(19-12)5-7-14-8-6-13/h1-4,12,14H,5-9H2. The third-order valence-electron chi connectivity index (χ3n) is 3.70. The van der Waals surface area contributed by atoms with Crippen LogP contribution in [0.5, 0.6) is 0 Å². The molecular formula is C13H16N2O4. The summed E-state index contributed by atoms with van der Waals surface area (Å²) < 4.78 is 11.8. The second kappa shape index (κ2) is 4.88. The van der Waals surface area contributed by atoms with Crippen LogP contribution in [-0.4, -0.2) is 30.4 Å². The molecule has 0 saturated carbocycles. The molecular weight excluding hydrogens is 248 g/mol. The van der Waals surface area contributed by atoms with E-state index in [1.807, 2.05) is 0 Å². The van der Waals surface area contributed by atoms with Gasteiger partial charge >= 0.3 is 0 Å². The molecule has 1 aromatic rings. The highest BCUT2D eigenvalue weighted by Gasteiger charge is 2.44. The SMILES string of the molecule is O=[N+]([O-])c1ccccc1C1COC2(CCNCC2)O1. The van der Waals surface area contributed by atoms with E-state index < -0.39 is 5.79 Å². The van der Waals surface area contributed by atoms with Crippen molar-refractivity contribution in [2.45, 2.75) is 24.7 Å². The normalized spacial score (nSPS) is 25.6. The van der Waals surface area contributed by atoms with Crippen molar-refractivity contribution in [2.75, 3.05) is 19.7 Å². The molecule has 102 valence electrons. The van der Waals surface area contributed by atoms with Crippen LogP contribution in [0.25, 0.3) is 0 Å². The van der Waals surface area contributed by atoms with Gasteiger partial charge in [0.25, 0.3) is 5.69 Å². The zero-order chi connectivity index (χ0) is 13.3. The van der Waals surface area contributed by atoms with Gasteiger partial charge in [-0.05, 0) is 6.07 Å². The lowest BCUT2D eigenvalue weighted by Crippen LogP contribution is -2.42. The highest BCUT2D eigenvalue weighted by molar-refractivity contribution is 5.41. The molecule has 2 saturated heterocycles. The Balaban J connectivity index is 1.83. The first-order valence-electron chi connectivity index (χ1n) is 6.46. The number of rotatable bonds is 2. The Morgan fingerprint density at radius 1 is 1.32 bits per heavy atom. The number of benzene rings is 1. The number of hydrogen-bond donors (Lipinski definition) is 1. The molecule has 1 atom stereocenters. The number of para-hydroxylation sites is 1. The number of piperidine rings is 1. The summed E-state index contributed by atoms with van der Waals surface area (Å²) >= 11 is 0. The number of hydrogen-bond acceptors (Lipinski definition) is 5. The molecule has 0 amide bonds. The van der Waals surface area contributed by atoms with Gasteiger partial charge in [0.15, 0.2) is 5.79 Å². The molecule has 2 aliphatic rings. The van der Waals surface area contributed by atoms with Crippen LogP contribution in [0.4, 0.5) is 5.69 Å². The second-order valence-corrected chi connectivity index (χ2v) is 4.89. The molecule has 2 fully saturated rings. The third kappa shape index (κ3) is 2.34. The van der Waals surface area contributed by atoms with Gasteiger partial charge in [-0.2, -0.15) is 0 Å². The highest BCUT2D eigenvalue weighted by atomic mass is 16.7. The molecule has 0 bridgehead atoms. The number of nitro groups is 1. The van der Waals surface area contributed by atoms with Crippen LogP contribution < -0.4 is 5.32 Å². The second-order valence-electron chi connectivity index (χ2n) is 4.89. The Kier molecular flexibility index (Phi) is 3.22. The van der Waals surface area contributed by atoms with E-state index in [0.29, 0.717) is 12.2 Å². The van der Waals surface area contributed by atoms with Crippen molar-refractivity contribution < 1.29 is 14.4 Å². The van der Waals surface area contributed by atoms with Crippen molar-refractivity contribution in [3.63, 3.8) is 0 Å². The lowest BCUT2D eigenvalue weighted by atomic mass is 10.1. The first-order valence-corrected chi connectivity index (χ1v) is 6.46. The number of nitrogens with zero attached hydrogens (tertiary/aromatic N) is 1. The summed E-state index contributed by atoms with van der Waals surface area (Å²) in [5, 5.41) is 14.3. The van der Waals surface area contributed by atoms with Crippen LogP contribution in [0.1, 0.15) is 24.5 Å². The minimum atomic E-state index is -0.556. The van der Waals surface area contributed by atoms with Gasteiger partial charge < -0.3 is 14.8 Å². The molecule has 1 N–H and O–H groups in total. The van der Waals surface area contributed by atoms with Gasteiger partial charge in [0, 0.05) is 32.0 Å². The lowest BCUT2D eigenvalue weighted by molar-refractivity contribution is -0.386. The van der Waals surface area contributed by atoms with E-state index in [2.05, 4.69) is 5.32 Å². The first kappa shape index (κ1) is 12.5. The van der Waals surface area contributed by atoms with Crippen LogP contribution >= 0.6 is 0 Å². The molecule has 1 unspecified atom stereocenters. The summed E-state index contributed by atoms with van der Waals surface area (Å²) in [6.45, 7) is 2.08. The Labute approximate surface area is 110 Å². The highest BCUT2D eigenvalue weighted by Crippen LogP contribution is 2.40. The largest absolute Gasteiger partial charge is 0.347 e. The summed E-state index contributed by atoms with van der Waals surface area (Å²) in [4.78, 5) is 10.7. The van der Waals surface area contributed by atoms with Crippen LogP contribution in [-0.2, 0) is 9.47 Å². The summed E-state index contributed by atoms with van der Waals surface area (Å²) in [5.74, 6) is -0.556. The van der Waals surface area contributed by atoms with Gasteiger partial charge in [-0.3, -0.25) is 10.1 Å². The summed E-state index contributed by atoms with van der Waals surface area (Å²) in [5.41, 5.74) is 0.699. The maximum Gasteiger partial charge on any atom is 0.275 e. The van der Waals surface area contributed by atoms with Gasteiger partial charge in [0.2, 0.25) is 0 Å². The molecule has 0 aliphatic carbocycles. The van der Waals surface area contributed by atoms with Crippen molar-refractivity contribution >= 4 is 5.69 Å². The van der Waals surface area contributed by atoms with Gasteiger partial charge in [0.05, 0.1) is 17.1 Å². The van der Waals surface area contributed by atoms with Gasteiger partial charge in [-0.25, -0.2) is 0 Å². The molecule has 6 heteroatoms. The molecule has 19 heavy (non-hydrogen) atoms. The summed E-state index contributed by atoms with van der Waals surface area (Å²) in [7, 11) is 0. The van der Waals surface area contributed by atoms with Crippen LogP contribution in [0.15, 0.2) is 24.3 Å². The lowest BCUT2D eigenvalue weighted by Gasteiger charge is -2.32. The van der Waals surface area contributed by atoms with Crippen LogP contribution in [0, 0.1) is 10.1 Å². The predicted molar refractivity (Wildman–Crippen MR) is 67.7 cm³/mol. The van der Waals surface area contributed by atoms with E-state index in [1.165, 1.54) is 6.07 Å². The van der Waals surface area contributed by atoms with Crippen LogP contribution in [0.3, 0.4) is 0 Å². The Morgan fingerprint density at radius 2 is 2.05 bits per heavy atom. The summed E-state index contributed by atoms with van der Waals surface area (Å²) in [6.07, 6.45) is 1.22. The van der Waals surface area contributed by atoms with E-state index in [1.54, 1.807) is 18.2 Å². The quantitative estimate of drug-likeness (QED) is 0.651. The predicted octanol–water partition coefficient (Wildman–Crippen LogP) is 1.76. The minimum Gasteiger partial charge on any atom is -0.347 e. The first-order chi connectivity index (χ1) is 9.20.